The maximum Gasteiger partial charge on any atom is 0.323 e. The Balaban J connectivity index is 3.20. The molecule has 0 aliphatic heterocycles. The Hall–Kier alpha value is -2.03. The normalized spacial score (nSPS) is 10.4. The Labute approximate surface area is 106 Å². The summed E-state index contributed by atoms with van der Waals surface area (Å²) in [5.74, 6) is -0.0457. The van der Waals surface area contributed by atoms with E-state index in [9.17, 15) is 4.79 Å². The van der Waals surface area contributed by atoms with Crippen LogP contribution in [-0.2, 0) is 11.8 Å². The second kappa shape index (κ2) is 5.54. The first-order valence-electron chi connectivity index (χ1n) is 5.77. The number of aryl methyl sites for hydroxylation is 2. The van der Waals surface area contributed by atoms with Gasteiger partial charge < -0.3 is 10.0 Å². The van der Waals surface area contributed by atoms with Crippen molar-refractivity contribution >= 4 is 11.8 Å². The van der Waals surface area contributed by atoms with Gasteiger partial charge in [0, 0.05) is 13.6 Å². The van der Waals surface area contributed by atoms with Crippen LogP contribution in [0.5, 0.6) is 0 Å². The van der Waals surface area contributed by atoms with Gasteiger partial charge >= 0.3 is 5.97 Å². The zero-order valence-corrected chi connectivity index (χ0v) is 11.1. The van der Waals surface area contributed by atoms with Crippen LogP contribution in [0.25, 0.3) is 0 Å². The summed E-state index contributed by atoms with van der Waals surface area (Å²) in [6.07, 6.45) is 0. The number of carboxylic acid groups (broad SMARTS) is 1. The number of aliphatic carboxylic acids is 1. The molecular weight excluding hydrogens is 232 g/mol. The van der Waals surface area contributed by atoms with E-state index < -0.39 is 5.97 Å². The van der Waals surface area contributed by atoms with Crippen LogP contribution in [0, 0.1) is 24.2 Å². The summed E-state index contributed by atoms with van der Waals surface area (Å²) in [5, 5.41) is 22.3. The van der Waals surface area contributed by atoms with Crippen LogP contribution < -0.4 is 4.90 Å². The predicted octanol–water partition coefficient (Wildman–Crippen LogP) is 1.15. The van der Waals surface area contributed by atoms with E-state index in [1.54, 1.807) is 23.6 Å². The number of anilines is 1. The van der Waals surface area contributed by atoms with Crippen molar-refractivity contribution in [2.45, 2.75) is 20.8 Å². The molecule has 0 bridgehead atoms. The highest BCUT2D eigenvalue weighted by Gasteiger charge is 2.21. The van der Waals surface area contributed by atoms with E-state index in [-0.39, 0.29) is 6.54 Å². The van der Waals surface area contributed by atoms with Gasteiger partial charge in [0.2, 0.25) is 0 Å². The molecule has 0 saturated carbocycles. The molecule has 0 saturated heterocycles. The van der Waals surface area contributed by atoms with Gasteiger partial charge in [-0.25, -0.2) is 0 Å². The van der Waals surface area contributed by atoms with E-state index in [2.05, 4.69) is 11.2 Å². The molecule has 0 atom stereocenters. The molecule has 0 amide bonds. The van der Waals surface area contributed by atoms with Crippen molar-refractivity contribution < 1.29 is 9.90 Å². The molecule has 0 aliphatic rings. The van der Waals surface area contributed by atoms with Crippen molar-refractivity contribution in [3.63, 3.8) is 0 Å². The lowest BCUT2D eigenvalue weighted by atomic mass is 10.2. The van der Waals surface area contributed by atoms with Crippen LogP contribution in [0.3, 0.4) is 0 Å². The Morgan fingerprint density at radius 2 is 2.22 bits per heavy atom. The van der Waals surface area contributed by atoms with Crippen LogP contribution in [0.1, 0.15) is 25.1 Å². The van der Waals surface area contributed by atoms with Crippen molar-refractivity contribution in [2.24, 2.45) is 13.0 Å². The van der Waals surface area contributed by atoms with Gasteiger partial charge in [0.15, 0.2) is 0 Å². The van der Waals surface area contributed by atoms with Gasteiger partial charge in [-0.2, -0.15) is 10.4 Å². The van der Waals surface area contributed by atoms with Crippen molar-refractivity contribution in [1.29, 1.82) is 5.26 Å². The number of carbonyl (C=O) groups is 1. The minimum absolute atomic E-state index is 0.133. The zero-order chi connectivity index (χ0) is 13.9. The molecule has 0 aliphatic carbocycles. The summed E-state index contributed by atoms with van der Waals surface area (Å²) in [5.41, 5.74) is 1.06. The van der Waals surface area contributed by atoms with Crippen LogP contribution in [0.4, 0.5) is 5.82 Å². The maximum atomic E-state index is 10.9. The second-order valence-electron chi connectivity index (χ2n) is 4.69. The highest BCUT2D eigenvalue weighted by atomic mass is 16.4. The van der Waals surface area contributed by atoms with Crippen molar-refractivity contribution in [2.75, 3.05) is 18.0 Å². The van der Waals surface area contributed by atoms with Gasteiger partial charge in [0.05, 0.1) is 5.69 Å². The molecule has 1 rings (SSSR count). The SMILES string of the molecule is Cc1nn(C)c(N(CC(=O)O)CC(C)C)c1C#N. The molecule has 6 nitrogen and oxygen atoms in total. The summed E-state index contributed by atoms with van der Waals surface area (Å²) in [4.78, 5) is 12.6. The molecule has 1 aromatic heterocycles. The van der Waals surface area contributed by atoms with E-state index in [0.717, 1.165) is 0 Å². The molecule has 6 heteroatoms. The fourth-order valence-electron chi connectivity index (χ4n) is 1.97. The lowest BCUT2D eigenvalue weighted by Gasteiger charge is -2.24. The van der Waals surface area contributed by atoms with Gasteiger partial charge in [-0.15, -0.1) is 0 Å². The molecule has 0 aromatic carbocycles. The molecular formula is C12H18N4O2. The zero-order valence-electron chi connectivity index (χ0n) is 11.1. The monoisotopic (exact) mass is 250 g/mol. The summed E-state index contributed by atoms with van der Waals surface area (Å²) in [6, 6.07) is 2.09. The van der Waals surface area contributed by atoms with Gasteiger partial charge in [0.25, 0.3) is 0 Å². The van der Waals surface area contributed by atoms with E-state index in [4.69, 9.17) is 10.4 Å². The topological polar surface area (TPSA) is 82.2 Å². The van der Waals surface area contributed by atoms with Crippen LogP contribution >= 0.6 is 0 Å². The number of nitrogens with zero attached hydrogens (tertiary/aromatic N) is 4. The Morgan fingerprint density at radius 1 is 1.61 bits per heavy atom. The fraction of sp³-hybridized carbons (Fsp3) is 0.583. The van der Waals surface area contributed by atoms with Gasteiger partial charge in [-0.05, 0) is 12.8 Å². The van der Waals surface area contributed by atoms with E-state index in [0.29, 0.717) is 29.5 Å². The average Bonchev–Trinajstić information content (AvgIpc) is 2.50. The lowest BCUT2D eigenvalue weighted by molar-refractivity contribution is -0.135. The Kier molecular flexibility index (Phi) is 4.32. The summed E-state index contributed by atoms with van der Waals surface area (Å²) < 4.78 is 1.57. The van der Waals surface area contributed by atoms with E-state index in [1.165, 1.54) is 0 Å². The number of hydrogen-bond donors (Lipinski definition) is 1. The minimum atomic E-state index is -0.918. The highest BCUT2D eigenvalue weighted by molar-refractivity contribution is 5.74. The minimum Gasteiger partial charge on any atom is -0.480 e. The van der Waals surface area contributed by atoms with Crippen molar-refractivity contribution in [3.05, 3.63) is 11.3 Å². The first-order valence-corrected chi connectivity index (χ1v) is 5.77. The largest absolute Gasteiger partial charge is 0.480 e. The van der Waals surface area contributed by atoms with Crippen molar-refractivity contribution in [1.82, 2.24) is 9.78 Å². The fourth-order valence-corrected chi connectivity index (χ4v) is 1.97. The molecule has 1 heterocycles. The third-order valence-corrected chi connectivity index (χ3v) is 2.51. The standard InChI is InChI=1S/C12H18N4O2/c1-8(2)6-16(7-11(17)18)12-10(5-13)9(3)14-15(12)4/h8H,6-7H2,1-4H3,(H,17,18). The van der Waals surface area contributed by atoms with Crippen LogP contribution in [-0.4, -0.2) is 33.9 Å². The second-order valence-corrected chi connectivity index (χ2v) is 4.69. The molecule has 1 N–H and O–H groups in total. The lowest BCUT2D eigenvalue weighted by Crippen LogP contribution is -2.34. The third kappa shape index (κ3) is 3.00. The highest BCUT2D eigenvalue weighted by Crippen LogP contribution is 2.23. The van der Waals surface area contributed by atoms with Crippen LogP contribution in [0.15, 0.2) is 0 Å². The van der Waals surface area contributed by atoms with E-state index >= 15 is 0 Å². The molecule has 18 heavy (non-hydrogen) atoms. The summed E-state index contributed by atoms with van der Waals surface area (Å²) in [6.45, 7) is 6.19. The third-order valence-electron chi connectivity index (χ3n) is 2.51. The number of aromatic nitrogens is 2. The smallest absolute Gasteiger partial charge is 0.323 e. The quantitative estimate of drug-likeness (QED) is 0.847. The molecule has 0 fully saturated rings. The number of nitriles is 1. The van der Waals surface area contributed by atoms with E-state index in [1.807, 2.05) is 13.8 Å². The molecule has 1 aromatic rings. The average molecular weight is 250 g/mol. The predicted molar refractivity (Wildman–Crippen MR) is 67.3 cm³/mol. The first-order chi connectivity index (χ1) is 8.36. The Morgan fingerprint density at radius 3 is 2.67 bits per heavy atom. The number of carboxylic acids is 1. The summed E-state index contributed by atoms with van der Waals surface area (Å²) >= 11 is 0. The van der Waals surface area contributed by atoms with Gasteiger partial charge in [-0.3, -0.25) is 9.48 Å². The maximum absolute atomic E-state index is 10.9. The first kappa shape index (κ1) is 14.0. The molecule has 0 spiro atoms. The summed E-state index contributed by atoms with van der Waals surface area (Å²) in [7, 11) is 1.72. The molecule has 98 valence electrons. The van der Waals surface area contributed by atoms with Crippen LogP contribution in [0.2, 0.25) is 0 Å². The van der Waals surface area contributed by atoms with Crippen molar-refractivity contribution in [3.8, 4) is 6.07 Å². The number of hydrogen-bond acceptors (Lipinski definition) is 4. The Bertz CT molecular complexity index is 485. The number of rotatable bonds is 5. The molecule has 0 radical (unpaired) electrons. The van der Waals surface area contributed by atoms with Gasteiger partial charge in [-0.1, -0.05) is 13.8 Å². The molecule has 0 unspecified atom stereocenters. The van der Waals surface area contributed by atoms with Gasteiger partial charge in [0.1, 0.15) is 24.0 Å².